The van der Waals surface area contributed by atoms with Gasteiger partial charge in [0.1, 0.15) is 10.8 Å². The van der Waals surface area contributed by atoms with E-state index in [1.165, 1.54) is 0 Å². The molecular weight excluding hydrogens is 248 g/mol. The Morgan fingerprint density at radius 2 is 2.12 bits per heavy atom. The quantitative estimate of drug-likeness (QED) is 0.469. The molecule has 0 spiro atoms. The third-order valence-electron chi connectivity index (χ3n) is 1.60. The van der Waals surface area contributed by atoms with E-state index in [1.54, 1.807) is 0 Å². The first-order chi connectivity index (χ1) is 7.45. The molecule has 0 saturated heterocycles. The van der Waals surface area contributed by atoms with E-state index in [1.807, 2.05) is 0 Å². The molecule has 86 valence electrons. The van der Waals surface area contributed by atoms with Crippen LogP contribution >= 0.6 is 11.6 Å². The fourth-order valence-electron chi connectivity index (χ4n) is 0.994. The van der Waals surface area contributed by atoms with E-state index in [-0.39, 0.29) is 11.8 Å². The van der Waals surface area contributed by atoms with Gasteiger partial charge in [-0.25, -0.2) is 0 Å². The number of halogens is 3. The Bertz CT molecular complexity index is 438. The molecule has 0 amide bonds. The first kappa shape index (κ1) is 12.3. The zero-order valence-corrected chi connectivity index (χ0v) is 8.28. The van der Waals surface area contributed by atoms with Gasteiger partial charge in [0.15, 0.2) is 6.29 Å². The van der Waals surface area contributed by atoms with E-state index in [2.05, 4.69) is 4.74 Å². The maximum absolute atomic E-state index is 11.9. The van der Waals surface area contributed by atoms with E-state index in [4.69, 9.17) is 11.6 Å². The van der Waals surface area contributed by atoms with Gasteiger partial charge in [0.25, 0.3) is 5.69 Å². The van der Waals surface area contributed by atoms with Crippen LogP contribution in [0, 0.1) is 10.1 Å². The fraction of sp³-hybridized carbons (Fsp3) is 0.125. The van der Waals surface area contributed by atoms with Gasteiger partial charge in [-0.1, -0.05) is 11.6 Å². The van der Waals surface area contributed by atoms with Gasteiger partial charge in [0, 0.05) is 5.56 Å². The van der Waals surface area contributed by atoms with Crippen LogP contribution in [0.15, 0.2) is 12.1 Å². The first-order valence-corrected chi connectivity index (χ1v) is 4.21. The fourth-order valence-corrected chi connectivity index (χ4v) is 1.22. The largest absolute Gasteiger partial charge is 0.435 e. The van der Waals surface area contributed by atoms with Gasteiger partial charge >= 0.3 is 6.61 Å². The summed E-state index contributed by atoms with van der Waals surface area (Å²) in [4.78, 5) is 20.1. The van der Waals surface area contributed by atoms with E-state index >= 15 is 0 Å². The van der Waals surface area contributed by atoms with Crippen molar-refractivity contribution < 1.29 is 23.2 Å². The number of carbonyl (C=O) groups is 1. The van der Waals surface area contributed by atoms with Crippen molar-refractivity contribution in [3.05, 3.63) is 32.8 Å². The molecule has 0 aliphatic heterocycles. The minimum absolute atomic E-state index is 0.216. The summed E-state index contributed by atoms with van der Waals surface area (Å²) in [5.74, 6) is -0.492. The van der Waals surface area contributed by atoms with Crippen LogP contribution in [0.25, 0.3) is 0 Å². The molecule has 1 aromatic rings. The van der Waals surface area contributed by atoms with Crippen LogP contribution in [0.1, 0.15) is 10.4 Å². The van der Waals surface area contributed by atoms with Crippen LogP contribution in [0.5, 0.6) is 5.75 Å². The Kier molecular flexibility index (Phi) is 3.73. The van der Waals surface area contributed by atoms with E-state index in [0.29, 0.717) is 0 Å². The summed E-state index contributed by atoms with van der Waals surface area (Å²) in [6, 6.07) is 1.62. The van der Waals surface area contributed by atoms with E-state index in [9.17, 15) is 23.7 Å². The van der Waals surface area contributed by atoms with Crippen molar-refractivity contribution in [3.8, 4) is 5.75 Å². The van der Waals surface area contributed by atoms with Crippen molar-refractivity contribution in [1.29, 1.82) is 0 Å². The van der Waals surface area contributed by atoms with Crippen LogP contribution in [0.3, 0.4) is 0 Å². The number of carbonyl (C=O) groups excluding carboxylic acids is 1. The number of nitro groups is 1. The lowest BCUT2D eigenvalue weighted by atomic mass is 10.2. The van der Waals surface area contributed by atoms with Crippen LogP contribution in [-0.4, -0.2) is 17.8 Å². The molecule has 5 nitrogen and oxygen atoms in total. The van der Waals surface area contributed by atoms with E-state index in [0.717, 1.165) is 12.1 Å². The molecule has 1 aromatic carbocycles. The Morgan fingerprint density at radius 3 is 2.56 bits per heavy atom. The molecule has 0 atom stereocenters. The predicted octanol–water partition coefficient (Wildman–Crippen LogP) is 2.66. The molecule has 0 N–H and O–H groups in total. The van der Waals surface area contributed by atoms with Gasteiger partial charge in [-0.2, -0.15) is 8.78 Å². The zero-order chi connectivity index (χ0) is 12.3. The van der Waals surface area contributed by atoms with Crippen LogP contribution in [0.4, 0.5) is 14.5 Å². The Morgan fingerprint density at radius 1 is 1.50 bits per heavy atom. The molecule has 0 heterocycles. The maximum Gasteiger partial charge on any atom is 0.387 e. The van der Waals surface area contributed by atoms with Crippen LogP contribution in [0.2, 0.25) is 5.02 Å². The second-order valence-corrected chi connectivity index (χ2v) is 2.98. The summed E-state index contributed by atoms with van der Waals surface area (Å²) in [5.41, 5.74) is -0.951. The van der Waals surface area contributed by atoms with Gasteiger partial charge in [0.2, 0.25) is 0 Å². The standard InChI is InChI=1S/C8H4ClF2NO4/c9-7-4(3-13)1-5(16-8(10)11)2-6(7)12(14)15/h1-3,8H. The highest BCUT2D eigenvalue weighted by Crippen LogP contribution is 2.32. The summed E-state index contributed by atoms with van der Waals surface area (Å²) in [7, 11) is 0. The van der Waals surface area contributed by atoms with Gasteiger partial charge in [-0.05, 0) is 6.07 Å². The summed E-state index contributed by atoms with van der Waals surface area (Å²) >= 11 is 5.50. The first-order valence-electron chi connectivity index (χ1n) is 3.83. The van der Waals surface area contributed by atoms with Gasteiger partial charge in [0.05, 0.1) is 11.0 Å². The molecule has 0 radical (unpaired) electrons. The highest BCUT2D eigenvalue weighted by molar-refractivity contribution is 6.35. The molecule has 0 aromatic heterocycles. The SMILES string of the molecule is O=Cc1cc(OC(F)F)cc([N+](=O)[O-])c1Cl. The lowest BCUT2D eigenvalue weighted by Crippen LogP contribution is -2.03. The smallest absolute Gasteiger partial charge is 0.387 e. The molecule has 0 bridgehead atoms. The summed E-state index contributed by atoms with van der Waals surface area (Å²) in [5, 5.41) is 10.1. The molecule has 0 aliphatic rings. The predicted molar refractivity (Wildman–Crippen MR) is 50.1 cm³/mol. The molecule has 0 fully saturated rings. The van der Waals surface area contributed by atoms with Crippen molar-refractivity contribution in [3.63, 3.8) is 0 Å². The van der Waals surface area contributed by atoms with Crippen molar-refractivity contribution >= 4 is 23.6 Å². The molecule has 0 unspecified atom stereocenters. The van der Waals surface area contributed by atoms with Gasteiger partial charge in [-0.3, -0.25) is 14.9 Å². The average Bonchev–Trinajstić information content (AvgIpc) is 2.19. The number of hydrogen-bond acceptors (Lipinski definition) is 4. The Labute approximate surface area is 92.7 Å². The Balaban J connectivity index is 3.28. The van der Waals surface area contributed by atoms with Gasteiger partial charge < -0.3 is 4.74 Å². The number of hydrogen-bond donors (Lipinski definition) is 0. The number of benzene rings is 1. The topological polar surface area (TPSA) is 69.4 Å². The van der Waals surface area contributed by atoms with Crippen molar-refractivity contribution in [2.45, 2.75) is 6.61 Å². The van der Waals surface area contributed by atoms with Crippen molar-refractivity contribution in [2.75, 3.05) is 0 Å². The lowest BCUT2D eigenvalue weighted by Gasteiger charge is -2.06. The van der Waals surface area contributed by atoms with Crippen LogP contribution < -0.4 is 4.74 Å². The molecule has 8 heteroatoms. The highest BCUT2D eigenvalue weighted by atomic mass is 35.5. The van der Waals surface area contributed by atoms with Crippen molar-refractivity contribution in [2.24, 2.45) is 0 Å². The van der Waals surface area contributed by atoms with Crippen LogP contribution in [-0.2, 0) is 0 Å². The molecule has 1 rings (SSSR count). The highest BCUT2D eigenvalue weighted by Gasteiger charge is 2.19. The number of aldehydes is 1. The second kappa shape index (κ2) is 4.84. The average molecular weight is 252 g/mol. The third-order valence-corrected chi connectivity index (χ3v) is 2.02. The van der Waals surface area contributed by atoms with Crippen molar-refractivity contribution in [1.82, 2.24) is 0 Å². The lowest BCUT2D eigenvalue weighted by molar-refractivity contribution is -0.384. The number of ether oxygens (including phenoxy) is 1. The normalized spacial score (nSPS) is 10.2. The second-order valence-electron chi connectivity index (χ2n) is 2.60. The zero-order valence-electron chi connectivity index (χ0n) is 7.52. The van der Waals surface area contributed by atoms with E-state index < -0.39 is 28.0 Å². The Hall–Kier alpha value is -1.76. The monoisotopic (exact) mass is 251 g/mol. The molecule has 0 saturated carbocycles. The third kappa shape index (κ3) is 2.63. The molecule has 0 aliphatic carbocycles. The number of nitrogens with zero attached hydrogens (tertiary/aromatic N) is 1. The molecular formula is C8H4ClF2NO4. The number of rotatable bonds is 4. The maximum atomic E-state index is 11.9. The summed E-state index contributed by atoms with van der Waals surface area (Å²) in [6.45, 7) is -3.14. The molecule has 16 heavy (non-hydrogen) atoms. The minimum Gasteiger partial charge on any atom is -0.435 e. The number of nitro benzene ring substituents is 1. The summed E-state index contributed by atoms with van der Waals surface area (Å²) < 4.78 is 27.7. The minimum atomic E-state index is -3.14. The number of alkyl halides is 2. The van der Waals surface area contributed by atoms with Gasteiger partial charge in [-0.15, -0.1) is 0 Å². The summed E-state index contributed by atoms with van der Waals surface area (Å²) in [6.07, 6.45) is 0.216.